The van der Waals surface area contributed by atoms with E-state index < -0.39 is 5.66 Å². The highest BCUT2D eigenvalue weighted by Crippen LogP contribution is 2.30. The third-order valence-corrected chi connectivity index (χ3v) is 3.44. The number of amides is 4. The minimum atomic E-state index is -0.722. The highest BCUT2D eigenvalue weighted by atomic mass is 32.1. The van der Waals surface area contributed by atoms with Crippen LogP contribution in [-0.4, -0.2) is 58.3 Å². The van der Waals surface area contributed by atoms with Gasteiger partial charge in [-0.15, -0.1) is 0 Å². The summed E-state index contributed by atoms with van der Waals surface area (Å²) in [5.41, 5.74) is -0.722. The first kappa shape index (κ1) is 12.7. The van der Waals surface area contributed by atoms with Gasteiger partial charge < -0.3 is 10.6 Å². The van der Waals surface area contributed by atoms with Crippen LogP contribution in [0.3, 0.4) is 0 Å². The molecule has 0 saturated carbocycles. The molecule has 0 aromatic rings. The van der Waals surface area contributed by atoms with Crippen molar-refractivity contribution in [1.29, 1.82) is 0 Å². The SMILES string of the molecule is CC12NC(=O)N(CCS)C1N(CCS)C(=O)N2. The number of nitrogens with zero attached hydrogens (tertiary/aromatic N) is 2. The van der Waals surface area contributed by atoms with Gasteiger partial charge in [0.25, 0.3) is 0 Å². The molecular weight excluding hydrogens is 260 g/mol. The van der Waals surface area contributed by atoms with E-state index in [9.17, 15) is 9.59 Å². The molecule has 0 radical (unpaired) electrons. The Morgan fingerprint density at radius 1 is 1.12 bits per heavy atom. The monoisotopic (exact) mass is 276 g/mol. The van der Waals surface area contributed by atoms with Crippen LogP contribution in [0.2, 0.25) is 0 Å². The summed E-state index contributed by atoms with van der Waals surface area (Å²) in [5, 5.41) is 5.60. The van der Waals surface area contributed by atoms with Gasteiger partial charge in [-0.25, -0.2) is 9.59 Å². The highest BCUT2D eigenvalue weighted by molar-refractivity contribution is 7.80. The molecule has 2 fully saturated rings. The molecule has 2 aliphatic rings. The fourth-order valence-corrected chi connectivity index (χ4v) is 2.86. The van der Waals surface area contributed by atoms with Crippen LogP contribution in [0.25, 0.3) is 0 Å². The van der Waals surface area contributed by atoms with E-state index in [0.717, 1.165) is 0 Å². The standard InChI is InChI=1S/C9H16N4O2S2/c1-9-6(12(2-4-16)7(14)10-9)13(3-5-17)8(15)11-9/h6,16-17H,2-5H2,1H3,(H,10,14)(H,11,15). The largest absolute Gasteiger partial charge is 0.321 e. The fraction of sp³-hybridized carbons (Fsp3) is 0.778. The first-order valence-electron chi connectivity index (χ1n) is 5.43. The molecular formula is C9H16N4O2S2. The number of hydrogen-bond acceptors (Lipinski definition) is 4. The average Bonchev–Trinajstić information content (AvgIpc) is 2.61. The van der Waals surface area contributed by atoms with Crippen LogP contribution in [0, 0.1) is 0 Å². The van der Waals surface area contributed by atoms with Crippen molar-refractivity contribution in [3.63, 3.8) is 0 Å². The Hall–Kier alpha value is -0.760. The number of thiol groups is 2. The summed E-state index contributed by atoms with van der Waals surface area (Å²) in [6.07, 6.45) is -0.304. The van der Waals surface area contributed by atoms with Crippen LogP contribution in [-0.2, 0) is 0 Å². The number of urea groups is 2. The van der Waals surface area contributed by atoms with Crippen molar-refractivity contribution in [1.82, 2.24) is 20.4 Å². The van der Waals surface area contributed by atoms with Gasteiger partial charge in [0.15, 0.2) is 11.8 Å². The van der Waals surface area contributed by atoms with E-state index in [2.05, 4.69) is 35.9 Å². The first-order chi connectivity index (χ1) is 8.03. The zero-order valence-corrected chi connectivity index (χ0v) is 11.3. The Balaban J connectivity index is 2.27. The van der Waals surface area contributed by atoms with Gasteiger partial charge in [0.05, 0.1) is 0 Å². The maximum absolute atomic E-state index is 11.8. The second-order valence-electron chi connectivity index (χ2n) is 4.27. The van der Waals surface area contributed by atoms with E-state index in [1.165, 1.54) is 0 Å². The lowest BCUT2D eigenvalue weighted by molar-refractivity contribution is 0.121. The first-order valence-corrected chi connectivity index (χ1v) is 6.69. The lowest BCUT2D eigenvalue weighted by Crippen LogP contribution is -2.54. The van der Waals surface area contributed by atoms with Gasteiger partial charge >= 0.3 is 12.1 Å². The van der Waals surface area contributed by atoms with Crippen LogP contribution in [0.5, 0.6) is 0 Å². The molecule has 8 heteroatoms. The zero-order valence-electron chi connectivity index (χ0n) is 9.51. The van der Waals surface area contributed by atoms with Gasteiger partial charge in [-0.1, -0.05) is 0 Å². The Labute approximate surface area is 111 Å². The van der Waals surface area contributed by atoms with Crippen LogP contribution in [0.1, 0.15) is 6.92 Å². The second-order valence-corrected chi connectivity index (χ2v) is 5.16. The summed E-state index contributed by atoms with van der Waals surface area (Å²) >= 11 is 8.27. The number of carbonyl (C=O) groups is 2. The van der Waals surface area contributed by atoms with Gasteiger partial charge in [0.2, 0.25) is 0 Å². The van der Waals surface area contributed by atoms with Crippen molar-refractivity contribution in [2.45, 2.75) is 18.8 Å². The Morgan fingerprint density at radius 2 is 1.53 bits per heavy atom. The third-order valence-electron chi connectivity index (χ3n) is 3.04. The van der Waals surface area contributed by atoms with E-state index in [0.29, 0.717) is 24.6 Å². The minimum absolute atomic E-state index is 0.171. The smallest absolute Gasteiger partial charge is 0.312 e. The maximum atomic E-state index is 11.8. The van der Waals surface area contributed by atoms with Crippen LogP contribution < -0.4 is 10.6 Å². The molecule has 4 amide bonds. The lowest BCUT2D eigenvalue weighted by Gasteiger charge is -2.31. The van der Waals surface area contributed by atoms with Crippen LogP contribution in [0.4, 0.5) is 9.59 Å². The molecule has 2 N–H and O–H groups in total. The summed E-state index contributed by atoms with van der Waals surface area (Å²) in [7, 11) is 0. The second kappa shape index (κ2) is 4.49. The Bertz CT molecular complexity index is 324. The summed E-state index contributed by atoms with van der Waals surface area (Å²) in [4.78, 5) is 26.9. The molecule has 2 saturated heterocycles. The van der Waals surface area contributed by atoms with Crippen molar-refractivity contribution in [3.8, 4) is 0 Å². The summed E-state index contributed by atoms with van der Waals surface area (Å²) in [5.74, 6) is 1.12. The van der Waals surface area contributed by atoms with E-state index >= 15 is 0 Å². The molecule has 2 aliphatic heterocycles. The van der Waals surface area contributed by atoms with E-state index in [4.69, 9.17) is 0 Å². The molecule has 0 atom stereocenters. The lowest BCUT2D eigenvalue weighted by atomic mass is 10.1. The molecule has 0 aliphatic carbocycles. The molecule has 0 aromatic carbocycles. The molecule has 0 aromatic heterocycles. The van der Waals surface area contributed by atoms with Crippen molar-refractivity contribution in [3.05, 3.63) is 0 Å². The molecule has 17 heavy (non-hydrogen) atoms. The van der Waals surface area contributed by atoms with Crippen molar-refractivity contribution in [2.75, 3.05) is 24.6 Å². The maximum Gasteiger partial charge on any atom is 0.321 e. The third kappa shape index (κ3) is 1.93. The topological polar surface area (TPSA) is 64.7 Å². The number of fused-ring (bicyclic) bond motifs is 1. The Kier molecular flexibility index (Phi) is 3.35. The zero-order chi connectivity index (χ0) is 12.6. The summed E-state index contributed by atoms with van der Waals surface area (Å²) in [6, 6.07) is -0.341. The van der Waals surface area contributed by atoms with E-state index in [-0.39, 0.29) is 18.2 Å². The number of carbonyl (C=O) groups excluding carboxylic acids is 2. The number of rotatable bonds is 4. The minimum Gasteiger partial charge on any atom is -0.312 e. The predicted molar refractivity (Wildman–Crippen MR) is 70.4 cm³/mol. The quantitative estimate of drug-likeness (QED) is 0.544. The summed E-state index contributed by atoms with van der Waals surface area (Å²) in [6.45, 7) is 2.82. The van der Waals surface area contributed by atoms with Gasteiger partial charge in [-0.05, 0) is 6.92 Å². The van der Waals surface area contributed by atoms with Crippen molar-refractivity contribution >= 4 is 37.3 Å². The molecule has 0 bridgehead atoms. The summed E-state index contributed by atoms with van der Waals surface area (Å²) < 4.78 is 0. The molecule has 2 heterocycles. The van der Waals surface area contributed by atoms with E-state index in [1.54, 1.807) is 9.80 Å². The van der Waals surface area contributed by atoms with Gasteiger partial charge in [0, 0.05) is 24.6 Å². The molecule has 96 valence electrons. The normalized spacial score (nSPS) is 31.6. The molecule has 2 rings (SSSR count). The van der Waals surface area contributed by atoms with Gasteiger partial charge in [-0.3, -0.25) is 9.80 Å². The van der Waals surface area contributed by atoms with Crippen LogP contribution in [0.15, 0.2) is 0 Å². The number of nitrogens with one attached hydrogen (secondary N) is 2. The van der Waals surface area contributed by atoms with Crippen LogP contribution >= 0.6 is 25.3 Å². The predicted octanol–water partition coefficient (Wildman–Crippen LogP) is -0.0613. The van der Waals surface area contributed by atoms with Crippen molar-refractivity contribution < 1.29 is 9.59 Å². The van der Waals surface area contributed by atoms with E-state index in [1.807, 2.05) is 6.92 Å². The Morgan fingerprint density at radius 3 is 1.88 bits per heavy atom. The van der Waals surface area contributed by atoms with Crippen molar-refractivity contribution in [2.24, 2.45) is 0 Å². The molecule has 0 unspecified atom stereocenters. The molecule has 0 spiro atoms. The molecule has 6 nitrogen and oxygen atoms in total. The number of hydrogen-bond donors (Lipinski definition) is 4. The van der Waals surface area contributed by atoms with Gasteiger partial charge in [-0.2, -0.15) is 25.3 Å². The van der Waals surface area contributed by atoms with Gasteiger partial charge in [0.1, 0.15) is 0 Å². The fourth-order valence-electron chi connectivity index (χ4n) is 2.43. The highest BCUT2D eigenvalue weighted by Gasteiger charge is 2.57. The average molecular weight is 276 g/mol.